The highest BCUT2D eigenvalue weighted by molar-refractivity contribution is 5.87. The second-order valence-electron chi connectivity index (χ2n) is 2.72. The van der Waals surface area contributed by atoms with E-state index in [0.29, 0.717) is 5.76 Å². The number of anilines is 1. The van der Waals surface area contributed by atoms with E-state index in [9.17, 15) is 4.79 Å². The fraction of sp³-hybridized carbons (Fsp3) is 0.429. The number of oxazole rings is 1. The van der Waals surface area contributed by atoms with Crippen LogP contribution in [0.2, 0.25) is 0 Å². The van der Waals surface area contributed by atoms with Gasteiger partial charge in [-0.1, -0.05) is 13.8 Å². The molecule has 0 aromatic carbocycles. The molecule has 0 fully saturated rings. The maximum Gasteiger partial charge on any atom is 0.358 e. The number of hydrogen-bond donors (Lipinski definition) is 2. The molecule has 0 atom stereocenters. The number of carbonyl (C=O) groups is 1. The summed E-state index contributed by atoms with van der Waals surface area (Å²) in [6, 6.07) is -0.101. The van der Waals surface area contributed by atoms with E-state index in [1.54, 1.807) is 0 Å². The minimum absolute atomic E-state index is 0.0269. The Morgan fingerprint density at radius 2 is 2.25 bits per heavy atom. The second-order valence-corrected chi connectivity index (χ2v) is 2.72. The number of nitrogen functional groups attached to an aromatic ring is 1. The van der Waals surface area contributed by atoms with Crippen molar-refractivity contribution in [2.45, 2.75) is 19.8 Å². The molecule has 12 heavy (non-hydrogen) atoms. The molecule has 1 rings (SSSR count). The predicted octanol–water partition coefficient (Wildman–Crippen LogP) is 1.08. The Hall–Kier alpha value is -1.52. The van der Waals surface area contributed by atoms with Crippen LogP contribution < -0.4 is 5.73 Å². The molecule has 66 valence electrons. The first-order valence-electron chi connectivity index (χ1n) is 3.52. The van der Waals surface area contributed by atoms with Crippen LogP contribution in [0.4, 0.5) is 6.01 Å². The maximum atomic E-state index is 10.6. The summed E-state index contributed by atoms with van der Waals surface area (Å²) in [5, 5.41) is 8.65. The van der Waals surface area contributed by atoms with Gasteiger partial charge in [0.25, 0.3) is 6.01 Å². The Kier molecular flexibility index (Phi) is 2.03. The van der Waals surface area contributed by atoms with Gasteiger partial charge >= 0.3 is 5.97 Å². The Balaban J connectivity index is 3.17. The molecule has 0 unspecified atom stereocenters. The molecule has 0 spiro atoms. The van der Waals surface area contributed by atoms with Crippen molar-refractivity contribution in [2.75, 3.05) is 5.73 Å². The van der Waals surface area contributed by atoms with Crippen molar-refractivity contribution in [2.24, 2.45) is 0 Å². The SMILES string of the molecule is CC(C)c1oc(N)nc1C(=O)O. The molecule has 3 N–H and O–H groups in total. The number of rotatable bonds is 2. The van der Waals surface area contributed by atoms with Crippen LogP contribution in [-0.4, -0.2) is 16.1 Å². The van der Waals surface area contributed by atoms with Crippen molar-refractivity contribution in [3.63, 3.8) is 0 Å². The van der Waals surface area contributed by atoms with Gasteiger partial charge in [-0.25, -0.2) is 4.79 Å². The van der Waals surface area contributed by atoms with E-state index < -0.39 is 5.97 Å². The monoisotopic (exact) mass is 170 g/mol. The molecular formula is C7H10N2O3. The predicted molar refractivity (Wildman–Crippen MR) is 42.0 cm³/mol. The lowest BCUT2D eigenvalue weighted by Crippen LogP contribution is -2.02. The lowest BCUT2D eigenvalue weighted by molar-refractivity contribution is 0.0688. The molecule has 1 aromatic rings. The van der Waals surface area contributed by atoms with Crippen molar-refractivity contribution in [1.29, 1.82) is 0 Å². The van der Waals surface area contributed by atoms with E-state index in [0.717, 1.165) is 0 Å². The van der Waals surface area contributed by atoms with Crippen LogP contribution in [0.1, 0.15) is 36.0 Å². The van der Waals surface area contributed by atoms with E-state index in [-0.39, 0.29) is 17.6 Å². The molecule has 0 aliphatic heterocycles. The molecule has 0 radical (unpaired) electrons. The minimum Gasteiger partial charge on any atom is -0.476 e. The van der Waals surface area contributed by atoms with Gasteiger partial charge in [0.1, 0.15) is 5.76 Å². The van der Waals surface area contributed by atoms with Crippen LogP contribution in [0.25, 0.3) is 0 Å². The maximum absolute atomic E-state index is 10.6. The molecule has 0 aliphatic rings. The van der Waals surface area contributed by atoms with E-state index in [1.807, 2.05) is 13.8 Å². The number of aromatic carboxylic acids is 1. The van der Waals surface area contributed by atoms with E-state index in [2.05, 4.69) is 4.98 Å². The van der Waals surface area contributed by atoms with Crippen molar-refractivity contribution >= 4 is 12.0 Å². The van der Waals surface area contributed by atoms with Crippen molar-refractivity contribution in [1.82, 2.24) is 4.98 Å². The molecule has 0 amide bonds. The summed E-state index contributed by atoms with van der Waals surface area (Å²) in [7, 11) is 0. The summed E-state index contributed by atoms with van der Waals surface area (Å²) in [6.45, 7) is 3.62. The van der Waals surface area contributed by atoms with E-state index >= 15 is 0 Å². The zero-order valence-electron chi connectivity index (χ0n) is 6.87. The summed E-state index contributed by atoms with van der Waals surface area (Å²) < 4.78 is 4.92. The zero-order valence-corrected chi connectivity index (χ0v) is 6.87. The first-order chi connectivity index (χ1) is 5.52. The largest absolute Gasteiger partial charge is 0.476 e. The highest BCUT2D eigenvalue weighted by Gasteiger charge is 2.20. The van der Waals surface area contributed by atoms with E-state index in [4.69, 9.17) is 15.3 Å². The summed E-state index contributed by atoms with van der Waals surface area (Å²) in [5.41, 5.74) is 5.12. The van der Waals surface area contributed by atoms with Crippen LogP contribution in [0, 0.1) is 0 Å². The van der Waals surface area contributed by atoms with Crippen molar-refractivity contribution in [3.05, 3.63) is 11.5 Å². The van der Waals surface area contributed by atoms with Gasteiger partial charge in [-0.2, -0.15) is 4.98 Å². The van der Waals surface area contributed by atoms with Crippen molar-refractivity contribution < 1.29 is 14.3 Å². The van der Waals surface area contributed by atoms with Gasteiger partial charge in [0.15, 0.2) is 5.69 Å². The second kappa shape index (κ2) is 2.84. The number of nitrogens with zero attached hydrogens (tertiary/aromatic N) is 1. The molecule has 0 bridgehead atoms. The van der Waals surface area contributed by atoms with Crippen LogP contribution in [0.15, 0.2) is 4.42 Å². The quantitative estimate of drug-likeness (QED) is 0.693. The van der Waals surface area contributed by atoms with Gasteiger partial charge in [-0.3, -0.25) is 0 Å². The Labute approximate surface area is 69.2 Å². The number of carboxylic acid groups (broad SMARTS) is 1. The number of carboxylic acids is 1. The van der Waals surface area contributed by atoms with Gasteiger partial charge in [0.05, 0.1) is 0 Å². The van der Waals surface area contributed by atoms with E-state index in [1.165, 1.54) is 0 Å². The number of hydrogen-bond acceptors (Lipinski definition) is 4. The Morgan fingerprint density at radius 3 is 2.58 bits per heavy atom. The lowest BCUT2D eigenvalue weighted by Gasteiger charge is -1.98. The summed E-state index contributed by atoms with van der Waals surface area (Å²) in [4.78, 5) is 14.1. The standard InChI is InChI=1S/C7H10N2O3/c1-3(2)5-4(6(10)11)9-7(8)12-5/h3H,1-2H3,(H2,8,9)(H,10,11). The van der Waals surface area contributed by atoms with Gasteiger partial charge in [0.2, 0.25) is 0 Å². The summed E-state index contributed by atoms with van der Waals surface area (Å²) in [5.74, 6) is -0.819. The first-order valence-corrected chi connectivity index (χ1v) is 3.52. The number of aromatic nitrogens is 1. The lowest BCUT2D eigenvalue weighted by atomic mass is 10.1. The van der Waals surface area contributed by atoms with Crippen LogP contribution in [0.5, 0.6) is 0 Å². The molecule has 1 heterocycles. The van der Waals surface area contributed by atoms with Crippen LogP contribution >= 0.6 is 0 Å². The highest BCUT2D eigenvalue weighted by Crippen LogP contribution is 2.21. The Morgan fingerprint density at radius 1 is 1.67 bits per heavy atom. The first kappa shape index (κ1) is 8.58. The Bertz CT molecular complexity index is 304. The molecule has 0 saturated heterocycles. The molecular weight excluding hydrogens is 160 g/mol. The van der Waals surface area contributed by atoms with Gasteiger partial charge in [-0.15, -0.1) is 0 Å². The van der Waals surface area contributed by atoms with Gasteiger partial charge < -0.3 is 15.3 Å². The minimum atomic E-state index is -1.11. The fourth-order valence-electron chi connectivity index (χ4n) is 0.894. The summed E-state index contributed by atoms with van der Waals surface area (Å²) in [6.07, 6.45) is 0. The normalized spacial score (nSPS) is 10.6. The van der Waals surface area contributed by atoms with Crippen LogP contribution in [0.3, 0.4) is 0 Å². The fourth-order valence-corrected chi connectivity index (χ4v) is 0.894. The topological polar surface area (TPSA) is 89.4 Å². The third-order valence-corrected chi connectivity index (χ3v) is 1.40. The zero-order chi connectivity index (χ0) is 9.30. The third-order valence-electron chi connectivity index (χ3n) is 1.40. The smallest absolute Gasteiger partial charge is 0.358 e. The molecule has 1 aromatic heterocycles. The third kappa shape index (κ3) is 1.39. The average Bonchev–Trinajstić information content (AvgIpc) is 2.31. The van der Waals surface area contributed by atoms with Crippen LogP contribution in [-0.2, 0) is 0 Å². The van der Waals surface area contributed by atoms with Gasteiger partial charge in [0, 0.05) is 5.92 Å². The molecule has 5 nitrogen and oxygen atoms in total. The van der Waals surface area contributed by atoms with Gasteiger partial charge in [-0.05, 0) is 0 Å². The molecule has 0 aliphatic carbocycles. The van der Waals surface area contributed by atoms with Crippen molar-refractivity contribution in [3.8, 4) is 0 Å². The average molecular weight is 170 g/mol. The molecule has 0 saturated carbocycles. The molecule has 5 heteroatoms. The highest BCUT2D eigenvalue weighted by atomic mass is 16.4. The number of nitrogens with two attached hydrogens (primary N) is 1. The summed E-state index contributed by atoms with van der Waals surface area (Å²) >= 11 is 0.